The fourth-order valence-corrected chi connectivity index (χ4v) is 6.28. The molecular formula is C27H29ClN2O4. The average molecular weight is 481 g/mol. The zero-order valence-corrected chi connectivity index (χ0v) is 20.0. The first-order valence-electron chi connectivity index (χ1n) is 12.1. The molecule has 0 radical (unpaired) electrons. The van der Waals surface area contributed by atoms with Gasteiger partial charge in [0.2, 0.25) is 0 Å². The monoisotopic (exact) mass is 480 g/mol. The van der Waals surface area contributed by atoms with Crippen molar-refractivity contribution in [1.82, 2.24) is 0 Å². The predicted octanol–water partition coefficient (Wildman–Crippen LogP) is 5.21. The topological polar surface area (TPSA) is 98.5 Å². The van der Waals surface area contributed by atoms with Gasteiger partial charge in [0.05, 0.1) is 22.4 Å². The molecule has 0 bridgehead atoms. The molecule has 7 heteroatoms. The summed E-state index contributed by atoms with van der Waals surface area (Å²) in [6.45, 7) is 2.40. The maximum Gasteiger partial charge on any atom is 0.340 e. The molecule has 2 fully saturated rings. The van der Waals surface area contributed by atoms with Crippen LogP contribution in [0.2, 0.25) is 0 Å². The summed E-state index contributed by atoms with van der Waals surface area (Å²) in [5.74, 6) is -0.0524. The van der Waals surface area contributed by atoms with Crippen LogP contribution < -0.4 is 11.1 Å². The summed E-state index contributed by atoms with van der Waals surface area (Å²) in [6, 6.07) is 8.25. The number of benzene rings is 2. The molecule has 3 N–H and O–H groups in total. The van der Waals surface area contributed by atoms with E-state index in [1.165, 1.54) is 0 Å². The van der Waals surface area contributed by atoms with E-state index in [0.29, 0.717) is 35.2 Å². The second-order valence-electron chi connectivity index (χ2n) is 9.64. The van der Waals surface area contributed by atoms with Crippen LogP contribution in [0.1, 0.15) is 87.6 Å². The van der Waals surface area contributed by atoms with Gasteiger partial charge < -0.3 is 15.8 Å². The molecule has 3 aliphatic carbocycles. The number of halogens is 1. The van der Waals surface area contributed by atoms with Crippen molar-refractivity contribution in [3.05, 3.63) is 58.1 Å². The third-order valence-electron chi connectivity index (χ3n) is 7.60. The van der Waals surface area contributed by atoms with Crippen LogP contribution in [0.15, 0.2) is 30.3 Å². The highest BCUT2D eigenvalue weighted by Gasteiger charge is 2.38. The molecule has 0 spiro atoms. The maximum absolute atomic E-state index is 13.4. The van der Waals surface area contributed by atoms with Gasteiger partial charge in [0.15, 0.2) is 11.6 Å². The minimum absolute atomic E-state index is 0.00541. The van der Waals surface area contributed by atoms with Crippen LogP contribution >= 0.6 is 11.6 Å². The van der Waals surface area contributed by atoms with E-state index in [9.17, 15) is 14.4 Å². The number of esters is 1. The number of nitrogen functional groups attached to an aromatic ring is 1. The number of carbonyl (C=O) groups excluding carboxylic acids is 3. The Morgan fingerprint density at radius 1 is 1.03 bits per heavy atom. The SMILES string of the molecule is CCNc1cc(C(=O)OC2CCC3CC(Cl)CCC3C2)c(N)c2c1C(=O)c1ccccc1C2=O. The van der Waals surface area contributed by atoms with Gasteiger partial charge in [-0.1, -0.05) is 24.3 Å². The molecular weight excluding hydrogens is 452 g/mol. The molecule has 4 unspecified atom stereocenters. The normalized spacial score (nSPS) is 25.7. The maximum atomic E-state index is 13.4. The molecule has 34 heavy (non-hydrogen) atoms. The summed E-state index contributed by atoms with van der Waals surface area (Å²) >= 11 is 6.35. The molecule has 2 saturated carbocycles. The first-order valence-corrected chi connectivity index (χ1v) is 12.6. The molecule has 0 aliphatic heterocycles. The quantitative estimate of drug-likeness (QED) is 0.302. The summed E-state index contributed by atoms with van der Waals surface area (Å²) in [5, 5.41) is 3.39. The molecule has 5 rings (SSSR count). The Labute approximate surface area is 204 Å². The second-order valence-corrected chi connectivity index (χ2v) is 10.3. The van der Waals surface area contributed by atoms with Gasteiger partial charge in [-0.15, -0.1) is 11.6 Å². The van der Waals surface area contributed by atoms with E-state index in [1.807, 2.05) is 6.92 Å². The Bertz CT molecular complexity index is 1180. The smallest absolute Gasteiger partial charge is 0.340 e. The lowest BCUT2D eigenvalue weighted by atomic mass is 9.70. The summed E-state index contributed by atoms with van der Waals surface area (Å²) < 4.78 is 5.91. The molecule has 0 amide bonds. The Morgan fingerprint density at radius 3 is 2.38 bits per heavy atom. The predicted molar refractivity (Wildman–Crippen MR) is 132 cm³/mol. The third kappa shape index (κ3) is 3.88. The Kier molecular flexibility index (Phi) is 6.11. The van der Waals surface area contributed by atoms with Crippen molar-refractivity contribution < 1.29 is 19.1 Å². The highest BCUT2D eigenvalue weighted by atomic mass is 35.5. The number of hydrogen-bond acceptors (Lipinski definition) is 6. The summed E-state index contributed by atoms with van der Waals surface area (Å²) in [5.41, 5.74) is 7.89. The fourth-order valence-electron chi connectivity index (χ4n) is 5.93. The van der Waals surface area contributed by atoms with Crippen LogP contribution in [0.25, 0.3) is 0 Å². The third-order valence-corrected chi connectivity index (χ3v) is 8.00. The number of nitrogens with two attached hydrogens (primary N) is 1. The molecule has 6 nitrogen and oxygen atoms in total. The molecule has 4 atom stereocenters. The summed E-state index contributed by atoms with van der Waals surface area (Å²) in [7, 11) is 0. The van der Waals surface area contributed by atoms with Crippen molar-refractivity contribution in [1.29, 1.82) is 0 Å². The average Bonchev–Trinajstić information content (AvgIpc) is 2.83. The van der Waals surface area contributed by atoms with Crippen molar-refractivity contribution in [3.63, 3.8) is 0 Å². The molecule has 2 aromatic carbocycles. The number of nitrogens with one attached hydrogen (secondary N) is 1. The lowest BCUT2D eigenvalue weighted by Gasteiger charge is -2.40. The molecule has 2 aromatic rings. The zero-order valence-electron chi connectivity index (χ0n) is 19.2. The van der Waals surface area contributed by atoms with Gasteiger partial charge in [-0.25, -0.2) is 4.79 Å². The number of anilines is 2. The van der Waals surface area contributed by atoms with Crippen LogP contribution in [0, 0.1) is 11.8 Å². The lowest BCUT2D eigenvalue weighted by Crippen LogP contribution is -2.35. The van der Waals surface area contributed by atoms with E-state index in [2.05, 4.69) is 5.32 Å². The van der Waals surface area contributed by atoms with Gasteiger partial charge in [0, 0.05) is 28.7 Å². The van der Waals surface area contributed by atoms with Gasteiger partial charge in [-0.2, -0.15) is 0 Å². The van der Waals surface area contributed by atoms with Crippen molar-refractivity contribution >= 4 is 40.5 Å². The van der Waals surface area contributed by atoms with E-state index < -0.39 is 5.97 Å². The van der Waals surface area contributed by atoms with Crippen molar-refractivity contribution in [2.45, 2.75) is 56.9 Å². The molecule has 178 valence electrons. The first kappa shape index (κ1) is 22.9. The number of fused-ring (bicyclic) bond motifs is 3. The fraction of sp³-hybridized carbons (Fsp3) is 0.444. The second kappa shape index (κ2) is 9.06. The van der Waals surface area contributed by atoms with Crippen molar-refractivity contribution in [3.8, 4) is 0 Å². The number of ether oxygens (including phenoxy) is 1. The number of rotatable bonds is 4. The lowest BCUT2D eigenvalue weighted by molar-refractivity contribution is -0.000551. The molecule has 0 saturated heterocycles. The van der Waals surface area contributed by atoms with E-state index in [-0.39, 0.29) is 45.4 Å². The van der Waals surface area contributed by atoms with Gasteiger partial charge >= 0.3 is 5.97 Å². The molecule has 0 aromatic heterocycles. The highest BCUT2D eigenvalue weighted by Crippen LogP contribution is 2.43. The largest absolute Gasteiger partial charge is 0.459 e. The minimum atomic E-state index is -0.548. The highest BCUT2D eigenvalue weighted by molar-refractivity contribution is 6.32. The van der Waals surface area contributed by atoms with Crippen LogP contribution in [0.5, 0.6) is 0 Å². The van der Waals surface area contributed by atoms with Crippen LogP contribution in [-0.4, -0.2) is 35.6 Å². The van der Waals surface area contributed by atoms with Gasteiger partial charge in [-0.05, 0) is 63.4 Å². The Balaban J connectivity index is 1.46. The van der Waals surface area contributed by atoms with Crippen molar-refractivity contribution in [2.24, 2.45) is 11.8 Å². The van der Waals surface area contributed by atoms with Crippen LogP contribution in [0.4, 0.5) is 11.4 Å². The van der Waals surface area contributed by atoms with Gasteiger partial charge in [-0.3, -0.25) is 9.59 Å². The number of carbonyl (C=O) groups is 3. The summed E-state index contributed by atoms with van der Waals surface area (Å²) in [6.07, 6.45) is 5.55. The standard InChI is InChI=1S/C27H29ClN2O4/c1-2-30-21-13-20(27(33)34-17-10-8-14-11-16(28)9-7-15(14)12-17)24(29)23-22(21)25(31)18-5-3-4-6-19(18)26(23)32/h3-6,13-17,30H,2,7-12,29H2,1H3. The van der Waals surface area contributed by atoms with Gasteiger partial charge in [0.25, 0.3) is 0 Å². The molecule has 3 aliphatic rings. The number of ketones is 2. The van der Waals surface area contributed by atoms with E-state index in [4.69, 9.17) is 22.1 Å². The van der Waals surface area contributed by atoms with E-state index in [0.717, 1.165) is 38.5 Å². The minimum Gasteiger partial charge on any atom is -0.459 e. The van der Waals surface area contributed by atoms with Gasteiger partial charge in [0.1, 0.15) is 6.10 Å². The number of hydrogen-bond donors (Lipinski definition) is 2. The van der Waals surface area contributed by atoms with Crippen molar-refractivity contribution in [2.75, 3.05) is 17.6 Å². The van der Waals surface area contributed by atoms with E-state index >= 15 is 0 Å². The van der Waals surface area contributed by atoms with Crippen LogP contribution in [-0.2, 0) is 4.74 Å². The first-order chi connectivity index (χ1) is 16.4. The Hall–Kier alpha value is -2.86. The van der Waals surface area contributed by atoms with Crippen LogP contribution in [0.3, 0.4) is 0 Å². The summed E-state index contributed by atoms with van der Waals surface area (Å²) in [4.78, 5) is 39.9. The zero-order chi connectivity index (χ0) is 24.0. The Morgan fingerprint density at radius 2 is 1.68 bits per heavy atom. The van der Waals surface area contributed by atoms with E-state index in [1.54, 1.807) is 30.3 Å². The molecule has 0 heterocycles. The number of alkyl halides is 1.